The predicted octanol–water partition coefficient (Wildman–Crippen LogP) is 4.22. The first-order valence-electron chi connectivity index (χ1n) is 10.4. The lowest BCUT2D eigenvalue weighted by atomic mass is 10.0. The molecule has 1 fully saturated rings. The van der Waals surface area contributed by atoms with Crippen LogP contribution >= 0.6 is 0 Å². The van der Waals surface area contributed by atoms with Gasteiger partial charge in [-0.3, -0.25) is 4.79 Å². The SMILES string of the molecule is CC(C)[C@H]1COC(=O)N1C(=O)CCN(Cc1ccccc1)C(=O)OCc1ccccc1. The largest absolute Gasteiger partial charge is 0.447 e. The van der Waals surface area contributed by atoms with Gasteiger partial charge in [0.15, 0.2) is 0 Å². The third-order valence-electron chi connectivity index (χ3n) is 5.22. The van der Waals surface area contributed by atoms with E-state index in [1.165, 1.54) is 9.80 Å². The van der Waals surface area contributed by atoms with Gasteiger partial charge in [-0.25, -0.2) is 14.5 Å². The molecule has 7 heteroatoms. The average Bonchev–Trinajstić information content (AvgIpc) is 3.18. The van der Waals surface area contributed by atoms with Crippen molar-refractivity contribution in [2.45, 2.75) is 39.5 Å². The molecule has 0 spiro atoms. The van der Waals surface area contributed by atoms with Crippen LogP contribution in [-0.4, -0.2) is 47.1 Å². The van der Waals surface area contributed by atoms with E-state index in [4.69, 9.17) is 9.47 Å². The van der Waals surface area contributed by atoms with Crippen molar-refractivity contribution in [3.8, 4) is 0 Å². The first kappa shape index (κ1) is 22.3. The van der Waals surface area contributed by atoms with Gasteiger partial charge >= 0.3 is 12.2 Å². The molecule has 0 saturated carbocycles. The molecule has 3 amide bonds. The molecule has 7 nitrogen and oxygen atoms in total. The normalized spacial score (nSPS) is 15.6. The van der Waals surface area contributed by atoms with Gasteiger partial charge in [0.2, 0.25) is 5.91 Å². The maximum Gasteiger partial charge on any atom is 0.416 e. The molecule has 0 aromatic heterocycles. The molecular formula is C24H28N2O5. The van der Waals surface area contributed by atoms with Crippen LogP contribution in [0.3, 0.4) is 0 Å². The van der Waals surface area contributed by atoms with Gasteiger partial charge in [0.25, 0.3) is 0 Å². The van der Waals surface area contributed by atoms with Crippen LogP contribution in [0.15, 0.2) is 60.7 Å². The first-order chi connectivity index (χ1) is 15.0. The van der Waals surface area contributed by atoms with Crippen molar-refractivity contribution < 1.29 is 23.9 Å². The summed E-state index contributed by atoms with van der Waals surface area (Å²) in [5.74, 6) is -0.262. The van der Waals surface area contributed by atoms with Crippen molar-refractivity contribution in [2.24, 2.45) is 5.92 Å². The quantitative estimate of drug-likeness (QED) is 0.634. The number of nitrogens with zero attached hydrogens (tertiary/aromatic N) is 2. The summed E-state index contributed by atoms with van der Waals surface area (Å²) in [6.45, 7) is 4.67. The smallest absolute Gasteiger partial charge is 0.416 e. The molecule has 0 aliphatic carbocycles. The Hall–Kier alpha value is -3.35. The highest BCUT2D eigenvalue weighted by molar-refractivity contribution is 5.93. The highest BCUT2D eigenvalue weighted by Crippen LogP contribution is 2.21. The minimum Gasteiger partial charge on any atom is -0.447 e. The predicted molar refractivity (Wildman–Crippen MR) is 115 cm³/mol. The van der Waals surface area contributed by atoms with Gasteiger partial charge in [-0.05, 0) is 17.0 Å². The number of ether oxygens (including phenoxy) is 2. The van der Waals surface area contributed by atoms with Gasteiger partial charge in [-0.1, -0.05) is 74.5 Å². The standard InChI is InChI=1S/C24H28N2O5/c1-18(2)21-17-31-24(29)26(21)22(27)13-14-25(15-19-9-5-3-6-10-19)23(28)30-16-20-11-7-4-8-12-20/h3-12,18,21H,13-17H2,1-2H3/t21-/m1/s1. The number of hydrogen-bond donors (Lipinski definition) is 0. The maximum atomic E-state index is 12.8. The summed E-state index contributed by atoms with van der Waals surface area (Å²) in [6, 6.07) is 18.6. The molecule has 1 heterocycles. The Bertz CT molecular complexity index is 885. The monoisotopic (exact) mass is 424 g/mol. The number of cyclic esters (lactones) is 1. The Morgan fingerprint density at radius 3 is 2.29 bits per heavy atom. The molecule has 0 N–H and O–H groups in total. The Balaban J connectivity index is 1.65. The maximum absolute atomic E-state index is 12.8. The Kier molecular flexibility index (Phi) is 7.65. The summed E-state index contributed by atoms with van der Waals surface area (Å²) in [5, 5.41) is 0. The van der Waals surface area contributed by atoms with Crippen LogP contribution in [0.1, 0.15) is 31.4 Å². The van der Waals surface area contributed by atoms with E-state index >= 15 is 0 Å². The summed E-state index contributed by atoms with van der Waals surface area (Å²) in [7, 11) is 0. The second-order valence-electron chi connectivity index (χ2n) is 7.85. The van der Waals surface area contributed by atoms with Crippen LogP contribution in [-0.2, 0) is 27.4 Å². The number of rotatable bonds is 8. The number of carbonyl (C=O) groups is 3. The van der Waals surface area contributed by atoms with Gasteiger partial charge in [0.05, 0.1) is 6.04 Å². The lowest BCUT2D eigenvalue weighted by Crippen LogP contribution is -2.43. The van der Waals surface area contributed by atoms with Crippen molar-refractivity contribution in [3.05, 3.63) is 71.8 Å². The van der Waals surface area contributed by atoms with E-state index in [2.05, 4.69) is 0 Å². The topological polar surface area (TPSA) is 76.2 Å². The molecule has 0 radical (unpaired) electrons. The van der Waals surface area contributed by atoms with E-state index < -0.39 is 12.2 Å². The van der Waals surface area contributed by atoms with Crippen LogP contribution in [0.25, 0.3) is 0 Å². The molecule has 3 rings (SSSR count). The van der Waals surface area contributed by atoms with Gasteiger partial charge in [-0.2, -0.15) is 0 Å². The number of imide groups is 1. The fraction of sp³-hybridized carbons (Fsp3) is 0.375. The zero-order chi connectivity index (χ0) is 22.2. The molecule has 1 aliphatic rings. The van der Waals surface area contributed by atoms with E-state index in [-0.39, 0.29) is 44.0 Å². The van der Waals surface area contributed by atoms with E-state index in [1.54, 1.807) is 0 Å². The number of amides is 3. The highest BCUT2D eigenvalue weighted by atomic mass is 16.6. The molecule has 0 bridgehead atoms. The first-order valence-corrected chi connectivity index (χ1v) is 10.4. The summed E-state index contributed by atoms with van der Waals surface area (Å²) >= 11 is 0. The molecule has 1 aliphatic heterocycles. The van der Waals surface area contributed by atoms with Gasteiger partial charge in [0, 0.05) is 19.5 Å². The van der Waals surface area contributed by atoms with Gasteiger partial charge < -0.3 is 14.4 Å². The molecule has 31 heavy (non-hydrogen) atoms. The van der Waals surface area contributed by atoms with Gasteiger partial charge in [0.1, 0.15) is 13.2 Å². The second-order valence-corrected chi connectivity index (χ2v) is 7.85. The number of benzene rings is 2. The molecule has 1 saturated heterocycles. The Morgan fingerprint density at radius 2 is 1.68 bits per heavy atom. The zero-order valence-corrected chi connectivity index (χ0v) is 17.9. The molecule has 164 valence electrons. The van der Waals surface area contributed by atoms with Crippen LogP contribution in [0.4, 0.5) is 9.59 Å². The van der Waals surface area contributed by atoms with Crippen molar-refractivity contribution in [1.82, 2.24) is 9.80 Å². The lowest BCUT2D eigenvalue weighted by Gasteiger charge is -2.25. The highest BCUT2D eigenvalue weighted by Gasteiger charge is 2.39. The van der Waals surface area contributed by atoms with Crippen molar-refractivity contribution in [2.75, 3.05) is 13.2 Å². The minimum atomic E-state index is -0.620. The summed E-state index contributed by atoms with van der Waals surface area (Å²) in [6.07, 6.45) is -1.12. The Morgan fingerprint density at radius 1 is 1.06 bits per heavy atom. The van der Waals surface area contributed by atoms with Crippen molar-refractivity contribution >= 4 is 18.1 Å². The molecule has 0 unspecified atom stereocenters. The average molecular weight is 424 g/mol. The third-order valence-corrected chi connectivity index (χ3v) is 5.22. The fourth-order valence-corrected chi connectivity index (χ4v) is 3.41. The summed E-state index contributed by atoms with van der Waals surface area (Å²) < 4.78 is 10.5. The fourth-order valence-electron chi connectivity index (χ4n) is 3.41. The third kappa shape index (κ3) is 6.07. The summed E-state index contributed by atoms with van der Waals surface area (Å²) in [5.41, 5.74) is 1.80. The molecule has 2 aromatic rings. The van der Waals surface area contributed by atoms with E-state index in [9.17, 15) is 14.4 Å². The molecule has 1 atom stereocenters. The van der Waals surface area contributed by atoms with Crippen LogP contribution in [0, 0.1) is 5.92 Å². The van der Waals surface area contributed by atoms with E-state index in [1.807, 2.05) is 74.5 Å². The van der Waals surface area contributed by atoms with Crippen LogP contribution < -0.4 is 0 Å². The number of hydrogen-bond acceptors (Lipinski definition) is 5. The second kappa shape index (κ2) is 10.6. The van der Waals surface area contributed by atoms with Gasteiger partial charge in [-0.15, -0.1) is 0 Å². The molecule has 2 aromatic carbocycles. The van der Waals surface area contributed by atoms with E-state index in [0.717, 1.165) is 11.1 Å². The van der Waals surface area contributed by atoms with E-state index in [0.29, 0.717) is 6.54 Å². The number of carbonyl (C=O) groups excluding carboxylic acids is 3. The van der Waals surface area contributed by atoms with Crippen molar-refractivity contribution in [3.63, 3.8) is 0 Å². The minimum absolute atomic E-state index is 0.00555. The van der Waals surface area contributed by atoms with Crippen molar-refractivity contribution in [1.29, 1.82) is 0 Å². The summed E-state index contributed by atoms with van der Waals surface area (Å²) in [4.78, 5) is 40.3. The zero-order valence-electron chi connectivity index (χ0n) is 17.9. The van der Waals surface area contributed by atoms with Crippen LogP contribution in [0.2, 0.25) is 0 Å². The van der Waals surface area contributed by atoms with Crippen LogP contribution in [0.5, 0.6) is 0 Å². The molecular weight excluding hydrogens is 396 g/mol. The Labute approximate surface area is 182 Å². The lowest BCUT2D eigenvalue weighted by molar-refractivity contribution is -0.130.